The molecule has 27 heavy (non-hydrogen) atoms. The second kappa shape index (κ2) is 7.49. The van der Waals surface area contributed by atoms with E-state index in [0.29, 0.717) is 0 Å². The molecule has 1 unspecified atom stereocenters. The van der Waals surface area contributed by atoms with E-state index in [1.54, 1.807) is 14.0 Å². The van der Waals surface area contributed by atoms with Crippen molar-refractivity contribution in [2.75, 3.05) is 13.8 Å². The van der Waals surface area contributed by atoms with E-state index in [-0.39, 0.29) is 12.6 Å². The highest BCUT2D eigenvalue weighted by atomic mass is 19.1. The molecule has 140 valence electrons. The molecule has 1 aliphatic heterocycles. The normalized spacial score (nSPS) is 15.2. The van der Waals surface area contributed by atoms with Gasteiger partial charge in [0.1, 0.15) is 11.6 Å². The Kier molecular flexibility index (Phi) is 5.12. The molecule has 0 bridgehead atoms. The number of ether oxygens (including phenoxy) is 2. The van der Waals surface area contributed by atoms with Gasteiger partial charge in [0.2, 0.25) is 5.83 Å². The van der Waals surface area contributed by atoms with Gasteiger partial charge >= 0.3 is 5.97 Å². The summed E-state index contributed by atoms with van der Waals surface area (Å²) in [5.41, 5.74) is 0.796. The van der Waals surface area contributed by atoms with Crippen molar-refractivity contribution < 1.29 is 23.5 Å². The Hall–Kier alpha value is -3.35. The molecule has 6 nitrogen and oxygen atoms in total. The van der Waals surface area contributed by atoms with Crippen molar-refractivity contribution in [2.24, 2.45) is 0 Å². The first-order valence-corrected chi connectivity index (χ1v) is 8.27. The van der Waals surface area contributed by atoms with Gasteiger partial charge in [0.15, 0.2) is 6.73 Å². The van der Waals surface area contributed by atoms with Gasteiger partial charge in [-0.25, -0.2) is 0 Å². The number of esters is 1. The first-order chi connectivity index (χ1) is 12.9. The second-order valence-corrected chi connectivity index (χ2v) is 6.13. The number of nitrogens with zero attached hydrogens (tertiary/aromatic N) is 1. The average molecular weight is 370 g/mol. The number of halogens is 1. The number of amides is 1. The van der Waals surface area contributed by atoms with Crippen LogP contribution in [-0.2, 0) is 14.3 Å². The number of carbonyl (C=O) groups is 2. The van der Waals surface area contributed by atoms with E-state index in [0.717, 1.165) is 28.3 Å². The van der Waals surface area contributed by atoms with Crippen molar-refractivity contribution >= 4 is 22.6 Å². The van der Waals surface area contributed by atoms with E-state index < -0.39 is 23.6 Å². The predicted octanol–water partition coefficient (Wildman–Crippen LogP) is 3.17. The summed E-state index contributed by atoms with van der Waals surface area (Å²) < 4.78 is 23.8. The van der Waals surface area contributed by atoms with Crippen molar-refractivity contribution in [3.05, 3.63) is 66.4 Å². The minimum atomic E-state index is -0.976. The molecule has 1 amide bonds. The summed E-state index contributed by atoms with van der Waals surface area (Å²) in [6.07, 6.45) is 0.947. The molecule has 1 aliphatic rings. The summed E-state index contributed by atoms with van der Waals surface area (Å²) in [4.78, 5) is 24.8. The molecular weight excluding hydrogens is 351 g/mol. The van der Waals surface area contributed by atoms with Gasteiger partial charge in [-0.3, -0.25) is 14.5 Å². The van der Waals surface area contributed by atoms with Crippen LogP contribution in [0, 0.1) is 0 Å². The van der Waals surface area contributed by atoms with Gasteiger partial charge in [0.05, 0.1) is 19.2 Å². The molecule has 2 aromatic rings. The number of nitrogens with one attached hydrogen (secondary N) is 1. The van der Waals surface area contributed by atoms with Gasteiger partial charge in [0, 0.05) is 0 Å². The third kappa shape index (κ3) is 3.92. The number of benzene rings is 2. The maximum atomic E-state index is 13.4. The maximum absolute atomic E-state index is 13.4. The lowest BCUT2D eigenvalue weighted by molar-refractivity contribution is -0.148. The van der Waals surface area contributed by atoms with Crippen LogP contribution in [0.2, 0.25) is 0 Å². The van der Waals surface area contributed by atoms with Crippen LogP contribution in [0.15, 0.2) is 60.8 Å². The van der Waals surface area contributed by atoms with Crippen LogP contribution < -0.4 is 10.1 Å². The molecule has 2 aromatic carbocycles. The largest absolute Gasteiger partial charge is 0.497 e. The summed E-state index contributed by atoms with van der Waals surface area (Å²) in [6.45, 7) is 5.07. The number of fused-ring (bicyclic) bond motifs is 1. The molecule has 1 heterocycles. The summed E-state index contributed by atoms with van der Waals surface area (Å²) in [5, 5.41) is 4.22. The summed E-state index contributed by atoms with van der Waals surface area (Å²) in [6, 6.07) is 11.4. The van der Waals surface area contributed by atoms with Crippen LogP contribution in [0.4, 0.5) is 4.39 Å². The molecule has 7 heteroatoms. The van der Waals surface area contributed by atoms with Crippen molar-refractivity contribution in [2.45, 2.75) is 12.8 Å². The monoisotopic (exact) mass is 370 g/mol. The van der Waals surface area contributed by atoms with E-state index >= 15 is 0 Å². The van der Waals surface area contributed by atoms with Crippen LogP contribution in [0.25, 0.3) is 10.8 Å². The van der Waals surface area contributed by atoms with Crippen molar-refractivity contribution in [1.82, 2.24) is 10.2 Å². The fourth-order valence-electron chi connectivity index (χ4n) is 2.68. The molecule has 1 N–H and O–H groups in total. The Morgan fingerprint density at radius 1 is 1.26 bits per heavy atom. The number of rotatable bonds is 5. The highest BCUT2D eigenvalue weighted by molar-refractivity contribution is 5.93. The third-order valence-corrected chi connectivity index (χ3v) is 4.36. The number of hydrogen-bond donors (Lipinski definition) is 1. The molecule has 0 aliphatic carbocycles. The van der Waals surface area contributed by atoms with Crippen LogP contribution in [0.3, 0.4) is 0 Å². The lowest BCUT2D eigenvalue weighted by Gasteiger charge is -2.26. The standard InChI is InChI=1S/C20H19FN2O4/c1-12(14-4-5-16-9-17(26-3)7-6-15(16)8-14)20(25)27-11-23-10-18(21)19(24)22-13(23)2/h4-10,12H,2,11H2,1,3H3,(H,22,24). The Morgan fingerprint density at radius 2 is 1.96 bits per heavy atom. The Morgan fingerprint density at radius 3 is 2.70 bits per heavy atom. The fraction of sp³-hybridized carbons (Fsp3) is 0.200. The smallest absolute Gasteiger partial charge is 0.314 e. The van der Waals surface area contributed by atoms with Gasteiger partial charge in [-0.1, -0.05) is 30.8 Å². The zero-order chi connectivity index (χ0) is 19.6. The molecule has 0 spiro atoms. The number of methoxy groups -OCH3 is 1. The summed E-state index contributed by atoms with van der Waals surface area (Å²) >= 11 is 0. The quantitative estimate of drug-likeness (QED) is 0.819. The van der Waals surface area contributed by atoms with Crippen LogP contribution in [0.5, 0.6) is 5.75 Å². The Balaban J connectivity index is 1.69. The van der Waals surface area contributed by atoms with Crippen LogP contribution >= 0.6 is 0 Å². The van der Waals surface area contributed by atoms with E-state index in [2.05, 4.69) is 11.9 Å². The number of hydrogen-bond acceptors (Lipinski definition) is 5. The molecule has 3 rings (SSSR count). The van der Waals surface area contributed by atoms with E-state index in [9.17, 15) is 14.0 Å². The SMILES string of the molecule is C=C1NC(=O)C(F)=CN1COC(=O)C(C)c1ccc2cc(OC)ccc2c1. The molecule has 0 saturated heterocycles. The van der Waals surface area contributed by atoms with E-state index in [4.69, 9.17) is 9.47 Å². The zero-order valence-corrected chi connectivity index (χ0v) is 15.0. The molecule has 0 radical (unpaired) electrons. The molecular formula is C20H19FN2O4. The maximum Gasteiger partial charge on any atom is 0.314 e. The fourth-order valence-corrected chi connectivity index (χ4v) is 2.68. The van der Waals surface area contributed by atoms with Gasteiger partial charge in [-0.2, -0.15) is 4.39 Å². The highest BCUT2D eigenvalue weighted by Gasteiger charge is 2.23. The molecule has 0 fully saturated rings. The van der Waals surface area contributed by atoms with Crippen LogP contribution in [-0.4, -0.2) is 30.6 Å². The minimum absolute atomic E-state index is 0.140. The first kappa shape index (κ1) is 18.4. The van der Waals surface area contributed by atoms with Gasteiger partial charge in [0.25, 0.3) is 5.91 Å². The van der Waals surface area contributed by atoms with Gasteiger partial charge in [-0.15, -0.1) is 0 Å². The lowest BCUT2D eigenvalue weighted by atomic mass is 9.98. The van der Waals surface area contributed by atoms with Crippen molar-refractivity contribution in [3.8, 4) is 5.75 Å². The molecule has 1 atom stereocenters. The van der Waals surface area contributed by atoms with Gasteiger partial charge < -0.3 is 14.8 Å². The lowest BCUT2D eigenvalue weighted by Crippen LogP contribution is -2.38. The summed E-state index contributed by atoms with van der Waals surface area (Å²) in [7, 11) is 1.61. The Bertz CT molecular complexity index is 954. The highest BCUT2D eigenvalue weighted by Crippen LogP contribution is 2.26. The number of carbonyl (C=O) groups excluding carboxylic acids is 2. The Labute approximate surface area is 155 Å². The third-order valence-electron chi connectivity index (χ3n) is 4.36. The van der Waals surface area contributed by atoms with E-state index in [1.807, 2.05) is 36.4 Å². The van der Waals surface area contributed by atoms with E-state index in [1.165, 1.54) is 4.90 Å². The molecule has 0 saturated carbocycles. The topological polar surface area (TPSA) is 67.9 Å². The average Bonchev–Trinajstić information content (AvgIpc) is 2.68. The summed E-state index contributed by atoms with van der Waals surface area (Å²) in [5.74, 6) is -1.93. The zero-order valence-electron chi connectivity index (χ0n) is 15.0. The van der Waals surface area contributed by atoms with Crippen molar-refractivity contribution in [1.29, 1.82) is 0 Å². The van der Waals surface area contributed by atoms with Crippen molar-refractivity contribution in [3.63, 3.8) is 0 Å². The minimum Gasteiger partial charge on any atom is -0.497 e. The first-order valence-electron chi connectivity index (χ1n) is 8.27. The van der Waals surface area contributed by atoms with Gasteiger partial charge in [-0.05, 0) is 35.4 Å². The van der Waals surface area contributed by atoms with Crippen LogP contribution in [0.1, 0.15) is 18.4 Å². The molecule has 0 aromatic heterocycles. The second-order valence-electron chi connectivity index (χ2n) is 6.13. The predicted molar refractivity (Wildman–Crippen MR) is 98.2 cm³/mol.